The van der Waals surface area contributed by atoms with E-state index in [1.807, 2.05) is 6.07 Å². The van der Waals surface area contributed by atoms with E-state index in [4.69, 9.17) is 23.2 Å². The maximum absolute atomic E-state index is 11.8. The van der Waals surface area contributed by atoms with Gasteiger partial charge in [0, 0.05) is 24.4 Å². The van der Waals surface area contributed by atoms with Crippen molar-refractivity contribution in [3.05, 3.63) is 33.8 Å². The molecule has 5 heteroatoms. The van der Waals surface area contributed by atoms with E-state index in [0.717, 1.165) is 32.4 Å². The van der Waals surface area contributed by atoms with Crippen molar-refractivity contribution in [2.45, 2.75) is 77.2 Å². The van der Waals surface area contributed by atoms with E-state index in [9.17, 15) is 4.79 Å². The average molecular weight is 413 g/mol. The standard InChI is InChI=1S/C22H34Cl2N2O/c1-4-12-26-21(27)7-5-13-25-20(14-16(2)3)22(10-6-11-22)17-8-9-18(23)19(24)15-17/h8-9,15-16,20,25H,4-7,10-14H2,1-3H3,(H,26,27). The Balaban J connectivity index is 2.02. The Hall–Kier alpha value is -0.770. The smallest absolute Gasteiger partial charge is 0.220 e. The largest absolute Gasteiger partial charge is 0.356 e. The fourth-order valence-corrected chi connectivity index (χ4v) is 4.35. The monoisotopic (exact) mass is 412 g/mol. The van der Waals surface area contributed by atoms with Gasteiger partial charge in [-0.05, 0) is 62.3 Å². The lowest BCUT2D eigenvalue weighted by Crippen LogP contribution is -2.53. The molecule has 2 N–H and O–H groups in total. The van der Waals surface area contributed by atoms with Gasteiger partial charge in [0.2, 0.25) is 5.91 Å². The first kappa shape index (κ1) is 22.5. The Morgan fingerprint density at radius 3 is 2.48 bits per heavy atom. The highest BCUT2D eigenvalue weighted by Crippen LogP contribution is 2.49. The molecule has 1 aliphatic rings. The van der Waals surface area contributed by atoms with Crippen molar-refractivity contribution >= 4 is 29.1 Å². The highest BCUT2D eigenvalue weighted by atomic mass is 35.5. The van der Waals surface area contributed by atoms with Crippen molar-refractivity contribution in [2.75, 3.05) is 13.1 Å². The van der Waals surface area contributed by atoms with Crippen LogP contribution in [0.15, 0.2) is 18.2 Å². The van der Waals surface area contributed by atoms with Gasteiger partial charge in [-0.25, -0.2) is 0 Å². The SMILES string of the molecule is CCCNC(=O)CCCNC(CC(C)C)C1(c2ccc(Cl)c(Cl)c2)CCC1. The van der Waals surface area contributed by atoms with Crippen molar-refractivity contribution in [1.29, 1.82) is 0 Å². The molecule has 1 unspecified atom stereocenters. The van der Waals surface area contributed by atoms with E-state index in [1.54, 1.807) is 0 Å². The molecule has 0 bridgehead atoms. The number of halogens is 2. The molecule has 1 amide bonds. The second-order valence-corrected chi connectivity index (χ2v) is 9.04. The molecule has 0 aromatic heterocycles. The summed E-state index contributed by atoms with van der Waals surface area (Å²) in [5.41, 5.74) is 1.42. The predicted molar refractivity (Wildman–Crippen MR) is 116 cm³/mol. The zero-order valence-electron chi connectivity index (χ0n) is 16.9. The van der Waals surface area contributed by atoms with Crippen molar-refractivity contribution in [3.63, 3.8) is 0 Å². The van der Waals surface area contributed by atoms with Gasteiger partial charge in [0.15, 0.2) is 0 Å². The van der Waals surface area contributed by atoms with Gasteiger partial charge in [-0.15, -0.1) is 0 Å². The van der Waals surface area contributed by atoms with Crippen LogP contribution in [0, 0.1) is 5.92 Å². The number of rotatable bonds is 11. The van der Waals surface area contributed by atoms with Gasteiger partial charge < -0.3 is 10.6 Å². The molecule has 1 aliphatic carbocycles. The van der Waals surface area contributed by atoms with Crippen LogP contribution in [-0.4, -0.2) is 25.0 Å². The molecule has 0 heterocycles. The van der Waals surface area contributed by atoms with Crippen LogP contribution in [0.5, 0.6) is 0 Å². The van der Waals surface area contributed by atoms with Gasteiger partial charge in [0.05, 0.1) is 10.0 Å². The molecule has 27 heavy (non-hydrogen) atoms. The molecule has 0 radical (unpaired) electrons. The number of carbonyl (C=O) groups excluding carboxylic acids is 1. The van der Waals surface area contributed by atoms with Crippen LogP contribution in [0.3, 0.4) is 0 Å². The minimum Gasteiger partial charge on any atom is -0.356 e. The molecular weight excluding hydrogens is 379 g/mol. The summed E-state index contributed by atoms with van der Waals surface area (Å²) in [4.78, 5) is 11.8. The maximum atomic E-state index is 11.8. The van der Waals surface area contributed by atoms with Crippen LogP contribution in [0.1, 0.15) is 71.3 Å². The second kappa shape index (κ2) is 10.7. The molecule has 2 rings (SSSR count). The minimum absolute atomic E-state index is 0.128. The molecule has 1 atom stereocenters. The molecule has 0 aliphatic heterocycles. The normalized spacial score (nSPS) is 16.8. The third kappa shape index (κ3) is 6.10. The number of hydrogen-bond acceptors (Lipinski definition) is 2. The van der Waals surface area contributed by atoms with E-state index < -0.39 is 0 Å². The fourth-order valence-electron chi connectivity index (χ4n) is 4.06. The molecule has 3 nitrogen and oxygen atoms in total. The van der Waals surface area contributed by atoms with E-state index in [1.165, 1.54) is 24.8 Å². The van der Waals surface area contributed by atoms with Crippen molar-refractivity contribution in [3.8, 4) is 0 Å². The van der Waals surface area contributed by atoms with Gasteiger partial charge in [-0.1, -0.05) is 56.5 Å². The lowest BCUT2D eigenvalue weighted by molar-refractivity contribution is -0.121. The van der Waals surface area contributed by atoms with Crippen LogP contribution < -0.4 is 10.6 Å². The number of nitrogens with one attached hydrogen (secondary N) is 2. The highest BCUT2D eigenvalue weighted by Gasteiger charge is 2.45. The fraction of sp³-hybridized carbons (Fsp3) is 0.682. The van der Waals surface area contributed by atoms with Crippen molar-refractivity contribution in [2.24, 2.45) is 5.92 Å². The highest BCUT2D eigenvalue weighted by molar-refractivity contribution is 6.42. The summed E-state index contributed by atoms with van der Waals surface area (Å²) >= 11 is 12.5. The van der Waals surface area contributed by atoms with Gasteiger partial charge in [-0.3, -0.25) is 4.79 Å². The molecule has 1 aromatic carbocycles. The third-order valence-corrected chi connectivity index (χ3v) is 6.40. The zero-order valence-corrected chi connectivity index (χ0v) is 18.4. The first-order valence-corrected chi connectivity index (χ1v) is 11.1. The molecule has 1 saturated carbocycles. The van der Waals surface area contributed by atoms with E-state index in [-0.39, 0.29) is 11.3 Å². The first-order chi connectivity index (χ1) is 12.9. The summed E-state index contributed by atoms with van der Waals surface area (Å²) in [6.07, 6.45) is 7.13. The lowest BCUT2D eigenvalue weighted by Gasteiger charge is -2.49. The summed E-state index contributed by atoms with van der Waals surface area (Å²) < 4.78 is 0. The molecule has 1 fully saturated rings. The van der Waals surface area contributed by atoms with Gasteiger partial charge >= 0.3 is 0 Å². The van der Waals surface area contributed by atoms with E-state index in [2.05, 4.69) is 43.5 Å². The molecular formula is C22H34Cl2N2O. The van der Waals surface area contributed by atoms with Crippen LogP contribution in [-0.2, 0) is 10.2 Å². The molecule has 152 valence electrons. The van der Waals surface area contributed by atoms with Gasteiger partial charge in [0.1, 0.15) is 0 Å². The van der Waals surface area contributed by atoms with Crippen LogP contribution in [0.25, 0.3) is 0 Å². The first-order valence-electron chi connectivity index (χ1n) is 10.3. The summed E-state index contributed by atoms with van der Waals surface area (Å²) in [5, 5.41) is 7.98. The Bertz CT molecular complexity index is 614. The van der Waals surface area contributed by atoms with Crippen LogP contribution in [0.4, 0.5) is 0 Å². The number of carbonyl (C=O) groups is 1. The summed E-state index contributed by atoms with van der Waals surface area (Å²) in [6, 6.07) is 6.50. The summed E-state index contributed by atoms with van der Waals surface area (Å²) in [7, 11) is 0. The van der Waals surface area contributed by atoms with Crippen LogP contribution >= 0.6 is 23.2 Å². The van der Waals surface area contributed by atoms with Crippen LogP contribution in [0.2, 0.25) is 10.0 Å². The molecule has 0 spiro atoms. The second-order valence-electron chi connectivity index (χ2n) is 8.23. The minimum atomic E-state index is 0.128. The summed E-state index contributed by atoms with van der Waals surface area (Å²) in [5.74, 6) is 0.762. The Labute approximate surface area is 174 Å². The quantitative estimate of drug-likeness (QED) is 0.455. The van der Waals surface area contributed by atoms with Crippen molar-refractivity contribution < 1.29 is 4.79 Å². The average Bonchev–Trinajstić information content (AvgIpc) is 2.58. The maximum Gasteiger partial charge on any atom is 0.220 e. The predicted octanol–water partition coefficient (Wildman–Crippen LogP) is 5.73. The summed E-state index contributed by atoms with van der Waals surface area (Å²) in [6.45, 7) is 8.24. The number of hydrogen-bond donors (Lipinski definition) is 2. The number of benzene rings is 1. The molecule has 1 aromatic rings. The Morgan fingerprint density at radius 1 is 1.19 bits per heavy atom. The van der Waals surface area contributed by atoms with Gasteiger partial charge in [0.25, 0.3) is 0 Å². The number of amides is 1. The molecule has 0 saturated heterocycles. The van der Waals surface area contributed by atoms with Crippen molar-refractivity contribution in [1.82, 2.24) is 10.6 Å². The zero-order chi connectivity index (χ0) is 19.9. The third-order valence-electron chi connectivity index (χ3n) is 5.66. The Kier molecular flexibility index (Phi) is 8.91. The van der Waals surface area contributed by atoms with E-state index >= 15 is 0 Å². The van der Waals surface area contributed by atoms with E-state index in [0.29, 0.717) is 28.4 Å². The Morgan fingerprint density at radius 2 is 1.93 bits per heavy atom. The lowest BCUT2D eigenvalue weighted by atomic mass is 9.59. The topological polar surface area (TPSA) is 41.1 Å². The van der Waals surface area contributed by atoms with Gasteiger partial charge in [-0.2, -0.15) is 0 Å².